The summed E-state index contributed by atoms with van der Waals surface area (Å²) >= 11 is 0. The van der Waals surface area contributed by atoms with Crippen molar-refractivity contribution < 1.29 is 24.2 Å². The fourth-order valence-electron chi connectivity index (χ4n) is 2.11. The van der Waals surface area contributed by atoms with Crippen LogP contribution < -0.4 is 25.4 Å². The number of fused-ring (bicyclic) bond motifs is 1. The molecule has 0 fully saturated rings. The standard InChI is InChI=1S/C16H14N2O5/c19-15(10-4-5-13-14(9-10)23-7-6-22-13)18-17-12-3-1-2-11(8-12)16(20)21/h1-5,8-9,17H,6-7H2,(H,18,19)(H,20,21)/p-1. The van der Waals surface area contributed by atoms with E-state index in [2.05, 4.69) is 10.9 Å². The first kappa shape index (κ1) is 14.7. The quantitative estimate of drug-likeness (QED) is 0.801. The normalized spacial score (nSPS) is 12.3. The van der Waals surface area contributed by atoms with Gasteiger partial charge >= 0.3 is 0 Å². The van der Waals surface area contributed by atoms with E-state index in [0.717, 1.165) is 0 Å². The molecular formula is C16H13N2O5-. The second-order valence-corrected chi connectivity index (χ2v) is 4.81. The number of carboxylic acids is 1. The Bertz CT molecular complexity index is 760. The van der Waals surface area contributed by atoms with Gasteiger partial charge in [-0.3, -0.25) is 15.6 Å². The van der Waals surface area contributed by atoms with Crippen molar-refractivity contribution in [1.82, 2.24) is 5.43 Å². The number of carboxylic acid groups (broad SMARTS) is 1. The number of carbonyl (C=O) groups is 2. The van der Waals surface area contributed by atoms with Gasteiger partial charge in [-0.2, -0.15) is 0 Å². The lowest BCUT2D eigenvalue weighted by atomic mass is 10.2. The first-order valence-electron chi connectivity index (χ1n) is 6.91. The summed E-state index contributed by atoms with van der Waals surface area (Å²) in [4.78, 5) is 22.9. The van der Waals surface area contributed by atoms with Gasteiger partial charge in [-0.1, -0.05) is 12.1 Å². The molecule has 0 spiro atoms. The van der Waals surface area contributed by atoms with Crippen LogP contribution in [0.3, 0.4) is 0 Å². The van der Waals surface area contributed by atoms with Crippen LogP contribution in [0, 0.1) is 0 Å². The smallest absolute Gasteiger partial charge is 0.269 e. The fraction of sp³-hybridized carbons (Fsp3) is 0.125. The van der Waals surface area contributed by atoms with Gasteiger partial charge in [-0.05, 0) is 35.9 Å². The third-order valence-corrected chi connectivity index (χ3v) is 3.22. The molecule has 1 amide bonds. The summed E-state index contributed by atoms with van der Waals surface area (Å²) < 4.78 is 10.8. The van der Waals surface area contributed by atoms with Gasteiger partial charge in [0, 0.05) is 5.56 Å². The van der Waals surface area contributed by atoms with Crippen molar-refractivity contribution in [2.45, 2.75) is 0 Å². The molecule has 2 aromatic rings. The van der Waals surface area contributed by atoms with Crippen molar-refractivity contribution in [3.8, 4) is 11.5 Å². The fourth-order valence-corrected chi connectivity index (χ4v) is 2.11. The highest BCUT2D eigenvalue weighted by Gasteiger charge is 2.14. The maximum Gasteiger partial charge on any atom is 0.269 e. The Kier molecular flexibility index (Phi) is 4.01. The first-order valence-corrected chi connectivity index (χ1v) is 6.91. The van der Waals surface area contributed by atoms with E-state index in [1.807, 2.05) is 0 Å². The Morgan fingerprint density at radius 3 is 2.52 bits per heavy atom. The van der Waals surface area contributed by atoms with Crippen LogP contribution in [0.2, 0.25) is 0 Å². The number of amides is 1. The van der Waals surface area contributed by atoms with Gasteiger partial charge in [0.1, 0.15) is 13.2 Å². The SMILES string of the molecule is O=C([O-])c1cccc(NNC(=O)c2ccc3c(c2)OCCO3)c1. The number of ether oxygens (including phenoxy) is 2. The minimum absolute atomic E-state index is 0.0172. The minimum atomic E-state index is -1.29. The number of carbonyl (C=O) groups excluding carboxylic acids is 2. The minimum Gasteiger partial charge on any atom is -0.545 e. The highest BCUT2D eigenvalue weighted by atomic mass is 16.6. The highest BCUT2D eigenvalue weighted by Crippen LogP contribution is 2.30. The molecule has 1 aliphatic rings. The van der Waals surface area contributed by atoms with Crippen molar-refractivity contribution in [3.05, 3.63) is 53.6 Å². The largest absolute Gasteiger partial charge is 0.545 e. The first-order chi connectivity index (χ1) is 11.1. The number of aromatic carboxylic acids is 1. The lowest BCUT2D eigenvalue weighted by molar-refractivity contribution is -0.255. The predicted molar refractivity (Wildman–Crippen MR) is 79.3 cm³/mol. The number of anilines is 1. The van der Waals surface area contributed by atoms with Gasteiger partial charge in [-0.25, -0.2) is 0 Å². The third-order valence-electron chi connectivity index (χ3n) is 3.22. The summed E-state index contributed by atoms with van der Waals surface area (Å²) in [6.45, 7) is 0.918. The number of hydrogen-bond donors (Lipinski definition) is 2. The molecule has 0 unspecified atom stereocenters. The molecule has 1 heterocycles. The molecule has 0 saturated carbocycles. The van der Waals surface area contributed by atoms with Gasteiger partial charge in [0.05, 0.1) is 11.7 Å². The van der Waals surface area contributed by atoms with E-state index in [-0.39, 0.29) is 11.5 Å². The van der Waals surface area contributed by atoms with Gasteiger partial charge in [0.2, 0.25) is 0 Å². The average molecular weight is 313 g/mol. The van der Waals surface area contributed by atoms with Crippen LogP contribution in [-0.4, -0.2) is 25.1 Å². The maximum atomic E-state index is 12.1. The van der Waals surface area contributed by atoms with E-state index in [9.17, 15) is 14.7 Å². The lowest BCUT2D eigenvalue weighted by Crippen LogP contribution is -2.30. The molecule has 0 atom stereocenters. The molecule has 2 N–H and O–H groups in total. The second-order valence-electron chi connectivity index (χ2n) is 4.81. The Labute approximate surface area is 131 Å². The van der Waals surface area contributed by atoms with Crippen molar-refractivity contribution in [3.63, 3.8) is 0 Å². The summed E-state index contributed by atoms with van der Waals surface area (Å²) in [6.07, 6.45) is 0. The number of hydrogen-bond acceptors (Lipinski definition) is 6. The van der Waals surface area contributed by atoms with Crippen LogP contribution in [-0.2, 0) is 0 Å². The molecule has 0 bridgehead atoms. The number of hydrazine groups is 1. The summed E-state index contributed by atoms with van der Waals surface area (Å²) in [5.74, 6) is -0.557. The van der Waals surface area contributed by atoms with E-state index >= 15 is 0 Å². The Balaban J connectivity index is 1.67. The van der Waals surface area contributed by atoms with Gasteiger partial charge in [0.25, 0.3) is 5.91 Å². The molecule has 118 valence electrons. The van der Waals surface area contributed by atoms with Crippen LogP contribution >= 0.6 is 0 Å². The van der Waals surface area contributed by atoms with Crippen molar-refractivity contribution in [2.24, 2.45) is 0 Å². The van der Waals surface area contributed by atoms with Gasteiger partial charge < -0.3 is 19.4 Å². The van der Waals surface area contributed by atoms with E-state index in [1.165, 1.54) is 12.1 Å². The topological polar surface area (TPSA) is 99.7 Å². The monoisotopic (exact) mass is 313 g/mol. The number of rotatable bonds is 4. The third kappa shape index (κ3) is 3.34. The molecule has 3 rings (SSSR count). The zero-order chi connectivity index (χ0) is 16.2. The van der Waals surface area contributed by atoms with E-state index in [1.54, 1.807) is 30.3 Å². The molecule has 0 radical (unpaired) electrons. The maximum absolute atomic E-state index is 12.1. The highest BCUT2D eigenvalue weighted by molar-refractivity contribution is 5.95. The summed E-state index contributed by atoms with van der Waals surface area (Å²) in [7, 11) is 0. The Hall–Kier alpha value is -3.22. The average Bonchev–Trinajstić information content (AvgIpc) is 2.59. The predicted octanol–water partition coefficient (Wildman–Crippen LogP) is 0.578. The van der Waals surface area contributed by atoms with Crippen molar-refractivity contribution in [2.75, 3.05) is 18.6 Å². The van der Waals surface area contributed by atoms with Crippen LogP contribution in [0.4, 0.5) is 5.69 Å². The molecule has 0 aliphatic carbocycles. The van der Waals surface area contributed by atoms with Crippen molar-refractivity contribution in [1.29, 1.82) is 0 Å². The van der Waals surface area contributed by atoms with Crippen LogP contribution in [0.15, 0.2) is 42.5 Å². The zero-order valence-corrected chi connectivity index (χ0v) is 12.0. The van der Waals surface area contributed by atoms with Gasteiger partial charge in [-0.15, -0.1) is 0 Å². The summed E-state index contributed by atoms with van der Waals surface area (Å²) in [6, 6.07) is 10.8. The van der Waals surface area contributed by atoms with Crippen molar-refractivity contribution >= 4 is 17.6 Å². The molecule has 0 saturated heterocycles. The second kappa shape index (κ2) is 6.27. The van der Waals surface area contributed by atoms with E-state index < -0.39 is 5.97 Å². The van der Waals surface area contributed by atoms with Crippen LogP contribution in [0.25, 0.3) is 0 Å². The summed E-state index contributed by atoms with van der Waals surface area (Å²) in [5.41, 5.74) is 5.98. The summed E-state index contributed by atoms with van der Waals surface area (Å²) in [5, 5.41) is 10.8. The Morgan fingerprint density at radius 2 is 1.74 bits per heavy atom. The van der Waals surface area contributed by atoms with Crippen LogP contribution in [0.5, 0.6) is 11.5 Å². The van der Waals surface area contributed by atoms with E-state index in [0.29, 0.717) is 36.0 Å². The number of benzene rings is 2. The van der Waals surface area contributed by atoms with Gasteiger partial charge in [0.15, 0.2) is 11.5 Å². The molecule has 7 heteroatoms. The molecule has 2 aromatic carbocycles. The van der Waals surface area contributed by atoms with Crippen LogP contribution in [0.1, 0.15) is 20.7 Å². The Morgan fingerprint density at radius 1 is 0.957 bits per heavy atom. The van der Waals surface area contributed by atoms with E-state index in [4.69, 9.17) is 9.47 Å². The zero-order valence-electron chi connectivity index (χ0n) is 12.0. The molecule has 0 aromatic heterocycles. The molecule has 7 nitrogen and oxygen atoms in total. The molecule has 1 aliphatic heterocycles. The molecule has 23 heavy (non-hydrogen) atoms. The lowest BCUT2D eigenvalue weighted by Gasteiger charge is -2.18. The number of nitrogens with one attached hydrogen (secondary N) is 2. The molecular weight excluding hydrogens is 300 g/mol.